The topological polar surface area (TPSA) is 72.0 Å². The number of hydrogen-bond acceptors (Lipinski definition) is 6. The molecule has 162 valence electrons. The predicted molar refractivity (Wildman–Crippen MR) is 119 cm³/mol. The van der Waals surface area contributed by atoms with Crippen molar-refractivity contribution >= 4 is 23.2 Å². The van der Waals surface area contributed by atoms with Crippen LogP contribution in [0.2, 0.25) is 0 Å². The van der Waals surface area contributed by atoms with Crippen molar-refractivity contribution in [2.45, 2.75) is 25.5 Å². The molecular formula is C25H23N3O4. The average molecular weight is 429 g/mol. The van der Waals surface area contributed by atoms with Crippen LogP contribution < -0.4 is 14.7 Å². The van der Waals surface area contributed by atoms with Gasteiger partial charge in [-0.2, -0.15) is 0 Å². The highest BCUT2D eigenvalue weighted by atomic mass is 16.7. The maximum absolute atomic E-state index is 13.6. The van der Waals surface area contributed by atoms with Gasteiger partial charge in [-0.1, -0.05) is 25.1 Å². The van der Waals surface area contributed by atoms with Crippen molar-refractivity contribution in [3.63, 3.8) is 0 Å². The molecule has 7 nitrogen and oxygen atoms in total. The van der Waals surface area contributed by atoms with Crippen molar-refractivity contribution in [1.82, 2.24) is 4.98 Å². The summed E-state index contributed by atoms with van der Waals surface area (Å²) in [6.45, 7) is 2.65. The molecule has 1 aromatic heterocycles. The smallest absolute Gasteiger partial charge is 0.266 e. The molecular weight excluding hydrogens is 406 g/mol. The standard InChI is InChI=1S/C25H23N3O4/c1-2-16-31-20-10-8-18(9-11-20)27-24(29)21-22(17-12-14-26-15-13-17)28(32-23(21)25(27)30)19-6-4-3-5-7-19/h3-15,21-23H,2,16H2,1H3/t21-,22-,23+/m1/s1. The lowest BCUT2D eigenvalue weighted by atomic mass is 9.91. The zero-order valence-electron chi connectivity index (χ0n) is 17.6. The highest BCUT2D eigenvalue weighted by Gasteiger charge is 2.60. The number of nitrogens with zero attached hydrogens (tertiary/aromatic N) is 3. The number of benzene rings is 2. The van der Waals surface area contributed by atoms with Crippen LogP contribution in [0, 0.1) is 5.92 Å². The molecule has 3 heterocycles. The van der Waals surface area contributed by atoms with Crippen molar-refractivity contribution < 1.29 is 19.2 Å². The average Bonchev–Trinajstić information content (AvgIpc) is 3.35. The summed E-state index contributed by atoms with van der Waals surface area (Å²) in [5, 5.41) is 1.68. The lowest BCUT2D eigenvalue weighted by Gasteiger charge is -2.28. The number of carbonyl (C=O) groups is 2. The molecule has 2 aromatic carbocycles. The van der Waals surface area contributed by atoms with E-state index in [0.717, 1.165) is 17.7 Å². The fourth-order valence-corrected chi connectivity index (χ4v) is 4.28. The molecule has 0 aliphatic carbocycles. The SMILES string of the molecule is CCCOc1ccc(N2C(=O)[C@H]3[C@H](ON(c4ccccc4)[C@@H]3c3ccncc3)C2=O)cc1. The molecule has 7 heteroatoms. The van der Waals surface area contributed by atoms with Gasteiger partial charge in [0.1, 0.15) is 11.7 Å². The molecule has 0 spiro atoms. The highest BCUT2D eigenvalue weighted by molar-refractivity contribution is 6.23. The largest absolute Gasteiger partial charge is 0.494 e. The molecule has 3 aromatic rings. The maximum atomic E-state index is 13.6. The van der Waals surface area contributed by atoms with Gasteiger partial charge in [0, 0.05) is 12.4 Å². The predicted octanol–water partition coefficient (Wildman–Crippen LogP) is 3.92. The van der Waals surface area contributed by atoms with E-state index in [-0.39, 0.29) is 11.8 Å². The molecule has 0 radical (unpaired) electrons. The van der Waals surface area contributed by atoms with Crippen LogP contribution in [0.15, 0.2) is 79.1 Å². The van der Waals surface area contributed by atoms with Crippen molar-refractivity contribution in [3.8, 4) is 5.75 Å². The van der Waals surface area contributed by atoms with Gasteiger partial charge in [0.25, 0.3) is 5.91 Å². The third-order valence-corrected chi connectivity index (χ3v) is 5.74. The van der Waals surface area contributed by atoms with E-state index in [0.29, 0.717) is 18.0 Å². The van der Waals surface area contributed by atoms with Crippen LogP contribution in [0.25, 0.3) is 0 Å². The van der Waals surface area contributed by atoms with Gasteiger partial charge in [0.15, 0.2) is 6.10 Å². The van der Waals surface area contributed by atoms with E-state index in [4.69, 9.17) is 9.57 Å². The number of fused-ring (bicyclic) bond motifs is 1. The first kappa shape index (κ1) is 20.2. The van der Waals surface area contributed by atoms with E-state index in [1.54, 1.807) is 41.7 Å². The van der Waals surface area contributed by atoms with Crippen LogP contribution in [0.5, 0.6) is 5.75 Å². The maximum Gasteiger partial charge on any atom is 0.266 e. The van der Waals surface area contributed by atoms with Gasteiger partial charge in [-0.25, -0.2) is 9.96 Å². The van der Waals surface area contributed by atoms with Crippen LogP contribution in [-0.2, 0) is 14.4 Å². The Labute approximate surface area is 186 Å². The number of hydroxylamine groups is 1. The molecule has 2 aliphatic rings. The number of ether oxygens (including phenoxy) is 1. The van der Waals surface area contributed by atoms with E-state index in [1.807, 2.05) is 49.4 Å². The number of hydrogen-bond donors (Lipinski definition) is 0. The first-order valence-corrected chi connectivity index (χ1v) is 10.7. The Kier molecular flexibility index (Phi) is 5.33. The summed E-state index contributed by atoms with van der Waals surface area (Å²) in [5.74, 6) is -0.598. The quantitative estimate of drug-likeness (QED) is 0.553. The summed E-state index contributed by atoms with van der Waals surface area (Å²) in [7, 11) is 0. The summed E-state index contributed by atoms with van der Waals surface area (Å²) < 4.78 is 5.61. The molecule has 3 atom stereocenters. The molecule has 0 bridgehead atoms. The zero-order valence-corrected chi connectivity index (χ0v) is 17.6. The minimum atomic E-state index is -0.892. The lowest BCUT2D eigenvalue weighted by molar-refractivity contribution is -0.126. The van der Waals surface area contributed by atoms with Crippen LogP contribution in [-0.4, -0.2) is 29.5 Å². The Morgan fingerprint density at radius 1 is 0.906 bits per heavy atom. The number of imide groups is 1. The van der Waals surface area contributed by atoms with Gasteiger partial charge in [-0.3, -0.25) is 19.4 Å². The number of amides is 2. The second kappa shape index (κ2) is 8.43. The van der Waals surface area contributed by atoms with Crippen molar-refractivity contribution in [3.05, 3.63) is 84.7 Å². The number of para-hydroxylation sites is 1. The van der Waals surface area contributed by atoms with Gasteiger partial charge >= 0.3 is 0 Å². The van der Waals surface area contributed by atoms with Crippen LogP contribution >= 0.6 is 0 Å². The second-order valence-electron chi connectivity index (χ2n) is 7.79. The van der Waals surface area contributed by atoms with Crippen molar-refractivity contribution in [2.75, 3.05) is 16.6 Å². The number of anilines is 2. The molecule has 2 saturated heterocycles. The highest BCUT2D eigenvalue weighted by Crippen LogP contribution is 2.47. The minimum absolute atomic E-state index is 0.275. The van der Waals surface area contributed by atoms with Gasteiger partial charge in [0.2, 0.25) is 5.91 Å². The third-order valence-electron chi connectivity index (χ3n) is 5.74. The summed E-state index contributed by atoms with van der Waals surface area (Å²) in [6.07, 6.45) is 3.37. The van der Waals surface area contributed by atoms with Gasteiger partial charge in [-0.05, 0) is 60.5 Å². The van der Waals surface area contributed by atoms with E-state index in [1.165, 1.54) is 4.90 Å². The van der Waals surface area contributed by atoms with Crippen molar-refractivity contribution in [1.29, 1.82) is 0 Å². The van der Waals surface area contributed by atoms with Crippen molar-refractivity contribution in [2.24, 2.45) is 5.92 Å². The number of rotatable bonds is 6. The van der Waals surface area contributed by atoms with E-state index in [2.05, 4.69) is 4.98 Å². The first-order chi connectivity index (χ1) is 15.7. The van der Waals surface area contributed by atoms with E-state index < -0.39 is 18.1 Å². The molecule has 5 rings (SSSR count). The third kappa shape index (κ3) is 3.40. The van der Waals surface area contributed by atoms with E-state index in [9.17, 15) is 9.59 Å². The Hall–Kier alpha value is -3.71. The van der Waals surface area contributed by atoms with Gasteiger partial charge in [-0.15, -0.1) is 0 Å². The number of pyridine rings is 1. The summed E-state index contributed by atoms with van der Waals surface area (Å²) in [4.78, 5) is 38.3. The molecule has 0 unspecified atom stereocenters. The van der Waals surface area contributed by atoms with Crippen LogP contribution in [0.4, 0.5) is 11.4 Å². The van der Waals surface area contributed by atoms with E-state index >= 15 is 0 Å². The van der Waals surface area contributed by atoms with Gasteiger partial charge < -0.3 is 4.74 Å². The molecule has 0 N–H and O–H groups in total. The normalized spacial score (nSPS) is 22.3. The monoisotopic (exact) mass is 429 g/mol. The Bertz CT molecular complexity index is 1110. The molecule has 2 aliphatic heterocycles. The molecule has 0 saturated carbocycles. The van der Waals surface area contributed by atoms with Gasteiger partial charge in [0.05, 0.1) is 24.0 Å². The summed E-state index contributed by atoms with van der Waals surface area (Å²) in [6, 6.07) is 19.8. The Balaban J connectivity index is 1.49. The summed E-state index contributed by atoms with van der Waals surface area (Å²) >= 11 is 0. The Morgan fingerprint density at radius 3 is 2.31 bits per heavy atom. The van der Waals surface area contributed by atoms with Crippen LogP contribution in [0.1, 0.15) is 24.9 Å². The number of carbonyl (C=O) groups excluding carboxylic acids is 2. The molecule has 2 amide bonds. The minimum Gasteiger partial charge on any atom is -0.494 e. The summed E-state index contributed by atoms with van der Waals surface area (Å²) in [5.41, 5.74) is 2.16. The number of aromatic nitrogens is 1. The lowest BCUT2D eigenvalue weighted by Crippen LogP contribution is -2.37. The second-order valence-corrected chi connectivity index (χ2v) is 7.79. The molecule has 32 heavy (non-hydrogen) atoms. The molecule has 2 fully saturated rings. The zero-order chi connectivity index (χ0) is 22.1. The first-order valence-electron chi connectivity index (χ1n) is 10.7. The fourth-order valence-electron chi connectivity index (χ4n) is 4.28. The fraction of sp³-hybridized carbons (Fsp3) is 0.240. The van der Waals surface area contributed by atoms with Crippen LogP contribution in [0.3, 0.4) is 0 Å². The Morgan fingerprint density at radius 2 is 1.62 bits per heavy atom.